The molecule has 0 spiro atoms. The third kappa shape index (κ3) is 8.90. The summed E-state index contributed by atoms with van der Waals surface area (Å²) in [7, 11) is 0. The molecule has 0 N–H and O–H groups in total. The number of unbranched alkanes of at least 4 members (excludes halogenated alkanes) is 5. The lowest BCUT2D eigenvalue weighted by atomic mass is 10.0. The molecule has 0 fully saturated rings. The van der Waals surface area contributed by atoms with E-state index in [0.717, 1.165) is 0 Å². The molecule has 0 saturated carbocycles. The first-order valence-corrected chi connectivity index (χ1v) is 6.34. The Kier molecular flexibility index (Phi) is 9.56. The van der Waals surface area contributed by atoms with Crippen molar-refractivity contribution < 1.29 is 0 Å². The van der Waals surface area contributed by atoms with Crippen LogP contribution < -0.4 is 0 Å². The van der Waals surface area contributed by atoms with Crippen LogP contribution >= 0.6 is 23.2 Å². The summed E-state index contributed by atoms with van der Waals surface area (Å²) in [5.74, 6) is 0.453. The molecular weight excluding hydrogens is 203 g/mol. The lowest BCUT2D eigenvalue weighted by Gasteiger charge is -2.11. The maximum Gasteiger partial charge on any atom is 0.110 e. The first kappa shape index (κ1) is 13.6. The van der Waals surface area contributed by atoms with Gasteiger partial charge in [-0.05, 0) is 12.3 Å². The fraction of sp³-hybridized carbons (Fsp3) is 1.00. The average Bonchev–Trinajstić information content (AvgIpc) is 2.10. The predicted molar refractivity (Wildman–Crippen MR) is 62.7 cm³/mol. The fourth-order valence-corrected chi connectivity index (χ4v) is 1.62. The minimum atomic E-state index is -0.185. The van der Waals surface area contributed by atoms with E-state index >= 15 is 0 Å². The number of alkyl halides is 2. The molecule has 0 aromatic heterocycles. The lowest BCUT2D eigenvalue weighted by Crippen LogP contribution is -2.03. The third-order valence-corrected chi connectivity index (χ3v) is 3.30. The highest BCUT2D eigenvalue weighted by molar-refractivity contribution is 6.44. The van der Waals surface area contributed by atoms with Crippen LogP contribution in [0.15, 0.2) is 0 Å². The quantitative estimate of drug-likeness (QED) is 0.394. The maximum atomic E-state index is 5.76. The minimum Gasteiger partial charge on any atom is -0.105 e. The second-order valence-electron chi connectivity index (χ2n) is 3.87. The van der Waals surface area contributed by atoms with Crippen molar-refractivity contribution in [2.75, 3.05) is 0 Å². The standard InChI is InChI=1S/C11H22Cl2/c1-3-4-5-6-7-8-9-10(2)11(12)13/h10-11H,3-9H2,1-2H3. The Morgan fingerprint density at radius 3 is 2.00 bits per heavy atom. The second-order valence-corrected chi connectivity index (χ2v) is 5.03. The minimum absolute atomic E-state index is 0.185. The molecule has 0 aromatic rings. The molecule has 0 amide bonds. The van der Waals surface area contributed by atoms with E-state index in [9.17, 15) is 0 Å². The van der Waals surface area contributed by atoms with Crippen molar-refractivity contribution in [1.82, 2.24) is 0 Å². The number of hydrogen-bond donors (Lipinski definition) is 0. The van der Waals surface area contributed by atoms with Crippen molar-refractivity contribution in [2.45, 2.75) is 63.6 Å². The van der Waals surface area contributed by atoms with E-state index in [0.29, 0.717) is 5.92 Å². The van der Waals surface area contributed by atoms with E-state index < -0.39 is 0 Å². The van der Waals surface area contributed by atoms with Gasteiger partial charge >= 0.3 is 0 Å². The molecule has 0 aliphatic heterocycles. The normalized spacial score (nSPS) is 13.6. The van der Waals surface area contributed by atoms with Gasteiger partial charge in [0.15, 0.2) is 0 Å². The third-order valence-electron chi connectivity index (χ3n) is 2.44. The van der Waals surface area contributed by atoms with Gasteiger partial charge in [0.1, 0.15) is 4.84 Å². The summed E-state index contributed by atoms with van der Waals surface area (Å²) in [6.07, 6.45) is 9.24. The molecule has 0 nitrogen and oxygen atoms in total. The van der Waals surface area contributed by atoms with Gasteiger partial charge in [0.25, 0.3) is 0 Å². The summed E-state index contributed by atoms with van der Waals surface area (Å²) in [6, 6.07) is 0. The zero-order chi connectivity index (χ0) is 10.1. The largest absolute Gasteiger partial charge is 0.110 e. The van der Waals surface area contributed by atoms with Gasteiger partial charge < -0.3 is 0 Å². The van der Waals surface area contributed by atoms with Crippen molar-refractivity contribution in [2.24, 2.45) is 5.92 Å². The first-order valence-electron chi connectivity index (χ1n) is 5.46. The van der Waals surface area contributed by atoms with Gasteiger partial charge in [0.05, 0.1) is 0 Å². The maximum absolute atomic E-state index is 5.76. The van der Waals surface area contributed by atoms with Crippen molar-refractivity contribution >= 4 is 23.2 Å². The highest BCUT2D eigenvalue weighted by Crippen LogP contribution is 2.21. The Balaban J connectivity index is 3.07. The van der Waals surface area contributed by atoms with Crippen LogP contribution in [0.3, 0.4) is 0 Å². The number of rotatable bonds is 8. The average molecular weight is 225 g/mol. The summed E-state index contributed by atoms with van der Waals surface area (Å²) in [4.78, 5) is -0.185. The molecule has 0 heterocycles. The molecular formula is C11H22Cl2. The van der Waals surface area contributed by atoms with Gasteiger partial charge in [-0.25, -0.2) is 0 Å². The van der Waals surface area contributed by atoms with E-state index in [1.54, 1.807) is 0 Å². The number of hydrogen-bond acceptors (Lipinski definition) is 0. The highest BCUT2D eigenvalue weighted by Gasteiger charge is 2.09. The van der Waals surface area contributed by atoms with Crippen LogP contribution in [0.4, 0.5) is 0 Å². The first-order chi connectivity index (χ1) is 6.18. The van der Waals surface area contributed by atoms with Crippen LogP contribution in [-0.2, 0) is 0 Å². The Morgan fingerprint density at radius 1 is 0.923 bits per heavy atom. The summed E-state index contributed by atoms with van der Waals surface area (Å²) in [5.41, 5.74) is 0. The van der Waals surface area contributed by atoms with Gasteiger partial charge in [-0.2, -0.15) is 0 Å². The molecule has 80 valence electrons. The Hall–Kier alpha value is 0.580. The zero-order valence-corrected chi connectivity index (χ0v) is 10.4. The number of halogens is 2. The van der Waals surface area contributed by atoms with E-state index in [1.165, 1.54) is 44.9 Å². The molecule has 0 rings (SSSR count). The van der Waals surface area contributed by atoms with Crippen molar-refractivity contribution in [1.29, 1.82) is 0 Å². The molecule has 0 aromatic carbocycles. The zero-order valence-electron chi connectivity index (χ0n) is 8.86. The Labute approximate surface area is 93.0 Å². The van der Waals surface area contributed by atoms with Crippen molar-refractivity contribution in [3.05, 3.63) is 0 Å². The van der Waals surface area contributed by atoms with Gasteiger partial charge in [0, 0.05) is 0 Å². The van der Waals surface area contributed by atoms with E-state index in [4.69, 9.17) is 23.2 Å². The molecule has 1 atom stereocenters. The van der Waals surface area contributed by atoms with Crippen LogP contribution in [-0.4, -0.2) is 4.84 Å². The summed E-state index contributed by atoms with van der Waals surface area (Å²) >= 11 is 11.5. The van der Waals surface area contributed by atoms with E-state index in [1.807, 2.05) is 0 Å². The van der Waals surface area contributed by atoms with Gasteiger partial charge in [-0.15, -0.1) is 23.2 Å². The molecule has 0 bridgehead atoms. The molecule has 0 aliphatic rings. The van der Waals surface area contributed by atoms with Crippen molar-refractivity contribution in [3.63, 3.8) is 0 Å². The van der Waals surface area contributed by atoms with Crippen LogP contribution in [0.25, 0.3) is 0 Å². The Bertz CT molecular complexity index is 102. The van der Waals surface area contributed by atoms with E-state index in [2.05, 4.69) is 13.8 Å². The molecule has 1 unspecified atom stereocenters. The summed E-state index contributed by atoms with van der Waals surface area (Å²) in [5, 5.41) is 0. The molecule has 13 heavy (non-hydrogen) atoms. The van der Waals surface area contributed by atoms with E-state index in [-0.39, 0.29) is 4.84 Å². The van der Waals surface area contributed by atoms with Gasteiger partial charge in [-0.1, -0.05) is 52.4 Å². The smallest absolute Gasteiger partial charge is 0.105 e. The SMILES string of the molecule is CCCCCCCCC(C)C(Cl)Cl. The highest BCUT2D eigenvalue weighted by atomic mass is 35.5. The summed E-state index contributed by atoms with van der Waals surface area (Å²) < 4.78 is 0. The predicted octanol–water partition coefficient (Wildman–Crippen LogP) is 5.18. The van der Waals surface area contributed by atoms with Crippen LogP contribution in [0.2, 0.25) is 0 Å². The molecule has 0 saturated heterocycles. The van der Waals surface area contributed by atoms with Gasteiger partial charge in [0.2, 0.25) is 0 Å². The molecule has 0 aliphatic carbocycles. The summed E-state index contributed by atoms with van der Waals surface area (Å²) in [6.45, 7) is 4.37. The van der Waals surface area contributed by atoms with Crippen molar-refractivity contribution in [3.8, 4) is 0 Å². The fourth-order valence-electron chi connectivity index (χ4n) is 1.37. The van der Waals surface area contributed by atoms with Gasteiger partial charge in [-0.3, -0.25) is 0 Å². The lowest BCUT2D eigenvalue weighted by molar-refractivity contribution is 0.504. The monoisotopic (exact) mass is 224 g/mol. The van der Waals surface area contributed by atoms with Crippen LogP contribution in [0.5, 0.6) is 0 Å². The molecule has 0 radical (unpaired) electrons. The topological polar surface area (TPSA) is 0 Å². The Morgan fingerprint density at radius 2 is 1.46 bits per heavy atom. The van der Waals surface area contributed by atoms with Crippen LogP contribution in [0, 0.1) is 5.92 Å². The second kappa shape index (κ2) is 9.15. The molecule has 2 heteroatoms. The van der Waals surface area contributed by atoms with Crippen LogP contribution in [0.1, 0.15) is 58.8 Å².